The molecule has 0 aromatic carbocycles. The highest BCUT2D eigenvalue weighted by Crippen LogP contribution is 2.32. The predicted octanol–water partition coefficient (Wildman–Crippen LogP) is 1.90. The van der Waals surface area contributed by atoms with Crippen LogP contribution in [0.1, 0.15) is 31.5 Å². The number of aryl methyl sites for hydroxylation is 1. The van der Waals surface area contributed by atoms with E-state index in [2.05, 4.69) is 37.5 Å². The summed E-state index contributed by atoms with van der Waals surface area (Å²) in [7, 11) is 0. The quantitative estimate of drug-likeness (QED) is 0.395. The number of allylic oxidation sites excluding steroid dienone is 1. The van der Waals surface area contributed by atoms with Gasteiger partial charge in [-0.15, -0.1) is 6.42 Å². The van der Waals surface area contributed by atoms with Crippen molar-refractivity contribution in [3.8, 4) is 12.3 Å². The third-order valence-electron chi connectivity index (χ3n) is 5.48. The van der Waals surface area contributed by atoms with E-state index in [1.807, 2.05) is 32.3 Å². The highest BCUT2D eigenvalue weighted by Gasteiger charge is 2.25. The van der Waals surface area contributed by atoms with E-state index in [4.69, 9.17) is 17.2 Å². The van der Waals surface area contributed by atoms with E-state index in [0.717, 1.165) is 67.2 Å². The third-order valence-corrected chi connectivity index (χ3v) is 5.48. The van der Waals surface area contributed by atoms with Gasteiger partial charge in [0.25, 0.3) is 0 Å². The van der Waals surface area contributed by atoms with Crippen molar-refractivity contribution in [2.24, 2.45) is 5.84 Å². The first-order valence-electron chi connectivity index (χ1n) is 10.4. The molecular formula is C22H28N8. The standard InChI is InChI=1S/C22H28N8/c1-4-16-5-6-17-13-26-22(28-20(17)21(16)30(23)15(2)3)27-19-8-7-18(14-25-19)29-11-9-24-10-12-29/h1,7-8,13-15,24H,5-6,9-12,23H2,2-3H3,(H,25,26,27,28). The molecule has 0 atom stereocenters. The van der Waals surface area contributed by atoms with E-state index in [9.17, 15) is 0 Å². The minimum absolute atomic E-state index is 0.0971. The Balaban J connectivity index is 1.58. The van der Waals surface area contributed by atoms with Gasteiger partial charge in [0.2, 0.25) is 5.95 Å². The first-order valence-corrected chi connectivity index (χ1v) is 10.4. The summed E-state index contributed by atoms with van der Waals surface area (Å²) in [5, 5.41) is 8.27. The van der Waals surface area contributed by atoms with Crippen LogP contribution >= 0.6 is 0 Å². The van der Waals surface area contributed by atoms with Crippen molar-refractivity contribution >= 4 is 23.2 Å². The maximum atomic E-state index is 6.34. The molecule has 30 heavy (non-hydrogen) atoms. The Hall–Kier alpha value is -3.15. The predicted molar refractivity (Wildman–Crippen MR) is 120 cm³/mol. The number of terminal acetylenes is 1. The molecule has 0 spiro atoms. The van der Waals surface area contributed by atoms with Crippen LogP contribution in [0.25, 0.3) is 5.70 Å². The summed E-state index contributed by atoms with van der Waals surface area (Å²) in [5.41, 5.74) is 4.64. The van der Waals surface area contributed by atoms with Gasteiger partial charge in [-0.2, -0.15) is 0 Å². The van der Waals surface area contributed by atoms with E-state index in [-0.39, 0.29) is 6.04 Å². The fraction of sp³-hybridized carbons (Fsp3) is 0.409. The minimum Gasteiger partial charge on any atom is -0.368 e. The minimum atomic E-state index is 0.0971. The lowest BCUT2D eigenvalue weighted by molar-refractivity contribution is 0.338. The van der Waals surface area contributed by atoms with Gasteiger partial charge in [0.1, 0.15) is 5.82 Å². The molecular weight excluding hydrogens is 376 g/mol. The summed E-state index contributed by atoms with van der Waals surface area (Å²) in [6, 6.07) is 4.12. The van der Waals surface area contributed by atoms with Gasteiger partial charge in [0.05, 0.1) is 23.3 Å². The lowest BCUT2D eigenvalue weighted by atomic mass is 9.93. The van der Waals surface area contributed by atoms with Crippen molar-refractivity contribution in [3.63, 3.8) is 0 Å². The Morgan fingerprint density at radius 2 is 2.00 bits per heavy atom. The van der Waals surface area contributed by atoms with Crippen LogP contribution < -0.4 is 21.4 Å². The molecule has 2 aliphatic rings. The number of anilines is 3. The molecule has 2 aromatic rings. The average molecular weight is 405 g/mol. The zero-order valence-electron chi connectivity index (χ0n) is 17.5. The summed E-state index contributed by atoms with van der Waals surface area (Å²) in [6.45, 7) is 8.01. The molecule has 8 heteroatoms. The second-order valence-corrected chi connectivity index (χ2v) is 7.80. The Morgan fingerprint density at radius 3 is 2.67 bits per heavy atom. The van der Waals surface area contributed by atoms with Gasteiger partial charge < -0.3 is 20.5 Å². The average Bonchev–Trinajstić information content (AvgIpc) is 2.78. The molecule has 1 fully saturated rings. The van der Waals surface area contributed by atoms with Crippen LogP contribution in [0.4, 0.5) is 17.5 Å². The van der Waals surface area contributed by atoms with Gasteiger partial charge in [-0.1, -0.05) is 5.92 Å². The number of fused-ring (bicyclic) bond motifs is 1. The SMILES string of the molecule is C#CC1=C(N(N)C(C)C)c2nc(Nc3ccc(N4CCNCC4)cn3)ncc2CC1. The molecule has 3 heterocycles. The number of pyridine rings is 1. The molecule has 0 saturated carbocycles. The molecule has 0 radical (unpaired) electrons. The molecule has 1 aliphatic carbocycles. The normalized spacial score (nSPS) is 16.3. The van der Waals surface area contributed by atoms with Gasteiger partial charge in [-0.3, -0.25) is 0 Å². The number of nitrogens with one attached hydrogen (secondary N) is 2. The Kier molecular flexibility index (Phi) is 5.84. The van der Waals surface area contributed by atoms with E-state index < -0.39 is 0 Å². The van der Waals surface area contributed by atoms with E-state index >= 15 is 0 Å². The van der Waals surface area contributed by atoms with Crippen molar-refractivity contribution in [2.45, 2.75) is 32.7 Å². The number of aromatic nitrogens is 3. The van der Waals surface area contributed by atoms with E-state index in [0.29, 0.717) is 11.8 Å². The fourth-order valence-corrected chi connectivity index (χ4v) is 3.74. The smallest absolute Gasteiger partial charge is 0.228 e. The van der Waals surface area contributed by atoms with E-state index in [1.54, 1.807) is 5.01 Å². The van der Waals surface area contributed by atoms with Crippen molar-refractivity contribution in [2.75, 3.05) is 36.4 Å². The zero-order valence-corrected chi connectivity index (χ0v) is 17.5. The van der Waals surface area contributed by atoms with Crippen LogP contribution in [-0.4, -0.2) is 52.2 Å². The first-order chi connectivity index (χ1) is 14.6. The van der Waals surface area contributed by atoms with Crippen LogP contribution in [0, 0.1) is 12.3 Å². The molecule has 0 amide bonds. The molecule has 8 nitrogen and oxygen atoms in total. The van der Waals surface area contributed by atoms with Gasteiger partial charge >= 0.3 is 0 Å². The number of piperazine rings is 1. The number of nitrogens with two attached hydrogens (primary N) is 1. The van der Waals surface area contributed by atoms with Gasteiger partial charge in [0, 0.05) is 44.0 Å². The van der Waals surface area contributed by atoms with Gasteiger partial charge in [-0.05, 0) is 44.4 Å². The van der Waals surface area contributed by atoms with E-state index in [1.165, 1.54) is 0 Å². The monoisotopic (exact) mass is 404 g/mol. The summed E-state index contributed by atoms with van der Waals surface area (Å²) < 4.78 is 0. The second kappa shape index (κ2) is 8.69. The number of hydrogen-bond donors (Lipinski definition) is 3. The van der Waals surface area contributed by atoms with Crippen LogP contribution in [0.2, 0.25) is 0 Å². The molecule has 0 unspecified atom stereocenters. The van der Waals surface area contributed by atoms with Gasteiger partial charge in [0.15, 0.2) is 0 Å². The lowest BCUT2D eigenvalue weighted by Crippen LogP contribution is -2.43. The van der Waals surface area contributed by atoms with Crippen LogP contribution in [0.3, 0.4) is 0 Å². The molecule has 156 valence electrons. The highest BCUT2D eigenvalue weighted by atomic mass is 15.4. The summed E-state index contributed by atoms with van der Waals surface area (Å²) in [6.07, 6.45) is 11.1. The summed E-state index contributed by atoms with van der Waals surface area (Å²) >= 11 is 0. The lowest BCUT2D eigenvalue weighted by Gasteiger charge is -2.30. The molecule has 0 bridgehead atoms. The maximum absolute atomic E-state index is 6.34. The van der Waals surface area contributed by atoms with Crippen LogP contribution in [-0.2, 0) is 6.42 Å². The molecule has 1 aliphatic heterocycles. The Morgan fingerprint density at radius 1 is 1.20 bits per heavy atom. The van der Waals surface area contributed by atoms with Crippen molar-refractivity contribution in [1.29, 1.82) is 0 Å². The first kappa shape index (κ1) is 20.1. The highest BCUT2D eigenvalue weighted by molar-refractivity contribution is 5.73. The zero-order chi connectivity index (χ0) is 21.1. The summed E-state index contributed by atoms with van der Waals surface area (Å²) in [4.78, 5) is 16.1. The molecule has 4 N–H and O–H groups in total. The Labute approximate surface area is 177 Å². The third kappa shape index (κ3) is 4.08. The number of hydrogen-bond acceptors (Lipinski definition) is 8. The number of rotatable bonds is 5. The molecule has 4 rings (SSSR count). The van der Waals surface area contributed by atoms with Crippen molar-refractivity contribution in [1.82, 2.24) is 25.3 Å². The number of hydrazine groups is 1. The van der Waals surface area contributed by atoms with Gasteiger partial charge in [-0.25, -0.2) is 20.8 Å². The van der Waals surface area contributed by atoms with Crippen molar-refractivity contribution in [3.05, 3.63) is 41.4 Å². The largest absolute Gasteiger partial charge is 0.368 e. The number of nitrogens with zero attached hydrogens (tertiary/aromatic N) is 5. The molecule has 1 saturated heterocycles. The maximum Gasteiger partial charge on any atom is 0.228 e. The van der Waals surface area contributed by atoms with Crippen LogP contribution in [0.15, 0.2) is 30.1 Å². The molecule has 2 aromatic heterocycles. The summed E-state index contributed by atoms with van der Waals surface area (Å²) in [5.74, 6) is 10.3. The fourth-order valence-electron chi connectivity index (χ4n) is 3.74. The Bertz CT molecular complexity index is 968. The van der Waals surface area contributed by atoms with Crippen LogP contribution in [0.5, 0.6) is 0 Å². The second-order valence-electron chi connectivity index (χ2n) is 7.80. The van der Waals surface area contributed by atoms with Crippen molar-refractivity contribution < 1.29 is 0 Å². The topological polar surface area (TPSA) is 95.2 Å².